The van der Waals surface area contributed by atoms with E-state index >= 15 is 0 Å². The Morgan fingerprint density at radius 3 is 1.24 bits per heavy atom. The quantitative estimate of drug-likeness (QED) is 0.0778. The van der Waals surface area contributed by atoms with Gasteiger partial charge in [-0.05, 0) is 46.5 Å². The van der Waals surface area contributed by atoms with Crippen LogP contribution in [0.4, 0.5) is 0 Å². The molecule has 0 aliphatic rings. The van der Waals surface area contributed by atoms with E-state index in [0.717, 1.165) is 22.3 Å². The summed E-state index contributed by atoms with van der Waals surface area (Å²) in [4.78, 5) is 0. The largest absolute Gasteiger partial charge is 0.494 e. The summed E-state index contributed by atoms with van der Waals surface area (Å²) in [7, 11) is 0. The topological polar surface area (TPSA) is 138 Å². The fraction of sp³-hybridized carbons (Fsp3) is 0.333. The van der Waals surface area contributed by atoms with E-state index < -0.39 is 37.3 Å². The molecule has 4 aromatic rings. The Labute approximate surface area is 263 Å². The van der Waals surface area contributed by atoms with Crippen LogP contribution >= 0.6 is 0 Å². The molecule has 0 saturated heterocycles. The number of hydrogen-bond acceptors (Lipinski definition) is 9. The van der Waals surface area contributed by atoms with Crippen molar-refractivity contribution >= 4 is 0 Å². The third kappa shape index (κ3) is 10.7. The highest BCUT2D eigenvalue weighted by atomic mass is 16.7. The van der Waals surface area contributed by atoms with Crippen LogP contribution in [0.3, 0.4) is 0 Å². The molecule has 4 unspecified atom stereocenters. The molecule has 4 aromatic carbocycles. The molecule has 0 heterocycles. The van der Waals surface area contributed by atoms with Crippen LogP contribution in [-0.2, 0) is 9.47 Å². The Hall–Kier alpha value is -3.80. The van der Waals surface area contributed by atoms with E-state index in [9.17, 15) is 20.4 Å². The van der Waals surface area contributed by atoms with Gasteiger partial charge in [-0.25, -0.2) is 0 Å². The van der Waals surface area contributed by atoms with Gasteiger partial charge in [-0.1, -0.05) is 84.9 Å². The average molecular weight is 619 g/mol. The molecular weight excluding hydrogens is 576 g/mol. The third-order valence-electron chi connectivity index (χ3n) is 7.16. The van der Waals surface area contributed by atoms with Gasteiger partial charge in [-0.2, -0.15) is 0 Å². The first-order valence-corrected chi connectivity index (χ1v) is 15.1. The molecule has 240 valence electrons. The monoisotopic (exact) mass is 618 g/mol. The molecule has 0 amide bonds. The van der Waals surface area contributed by atoms with E-state index in [1.54, 1.807) is 0 Å². The van der Waals surface area contributed by atoms with Gasteiger partial charge in [-0.3, -0.25) is 0 Å². The van der Waals surface area contributed by atoms with Crippen LogP contribution in [0, 0.1) is 0 Å². The van der Waals surface area contributed by atoms with Gasteiger partial charge >= 0.3 is 0 Å². The van der Waals surface area contributed by atoms with Crippen molar-refractivity contribution in [1.29, 1.82) is 0 Å². The van der Waals surface area contributed by atoms with Gasteiger partial charge in [0.1, 0.15) is 35.9 Å². The summed E-state index contributed by atoms with van der Waals surface area (Å²) in [5.74, 6) is 1.41. The van der Waals surface area contributed by atoms with E-state index in [0.29, 0.717) is 37.6 Å². The molecule has 0 aliphatic heterocycles. The third-order valence-corrected chi connectivity index (χ3v) is 7.16. The van der Waals surface area contributed by atoms with Crippen molar-refractivity contribution in [1.82, 2.24) is 0 Å². The van der Waals surface area contributed by atoms with Crippen LogP contribution < -0.4 is 9.47 Å². The van der Waals surface area contributed by atoms with Crippen LogP contribution in [0.25, 0.3) is 22.3 Å². The number of ether oxygens (including phenoxy) is 4. The van der Waals surface area contributed by atoms with Gasteiger partial charge in [0.2, 0.25) is 0 Å². The first-order chi connectivity index (χ1) is 22.0. The summed E-state index contributed by atoms with van der Waals surface area (Å²) in [6.07, 6.45) is -7.37. The first-order valence-electron chi connectivity index (χ1n) is 15.1. The molecule has 0 saturated carbocycles. The minimum Gasteiger partial charge on any atom is -0.494 e. The van der Waals surface area contributed by atoms with Gasteiger partial charge in [0, 0.05) is 12.8 Å². The van der Waals surface area contributed by atoms with Crippen molar-refractivity contribution in [3.63, 3.8) is 0 Å². The Morgan fingerprint density at radius 2 is 0.844 bits per heavy atom. The Kier molecular flexibility index (Phi) is 13.8. The molecule has 45 heavy (non-hydrogen) atoms. The molecule has 0 fully saturated rings. The van der Waals surface area contributed by atoms with Gasteiger partial charge in [0.15, 0.2) is 6.29 Å². The number of aliphatic hydroxyl groups excluding tert-OH is 5. The molecule has 9 heteroatoms. The van der Waals surface area contributed by atoms with Gasteiger partial charge < -0.3 is 44.5 Å². The van der Waals surface area contributed by atoms with Gasteiger partial charge in [0.05, 0.1) is 33.0 Å². The van der Waals surface area contributed by atoms with E-state index in [-0.39, 0.29) is 13.2 Å². The molecule has 4 atom stereocenters. The van der Waals surface area contributed by atoms with Gasteiger partial charge in [0.25, 0.3) is 0 Å². The van der Waals surface area contributed by atoms with Crippen molar-refractivity contribution in [3.8, 4) is 33.8 Å². The zero-order chi connectivity index (χ0) is 31.9. The second-order valence-electron chi connectivity index (χ2n) is 10.5. The van der Waals surface area contributed by atoms with Crippen LogP contribution in [0.15, 0.2) is 109 Å². The summed E-state index contributed by atoms with van der Waals surface area (Å²) in [5.41, 5.74) is 4.40. The number of rotatable bonds is 19. The lowest BCUT2D eigenvalue weighted by Gasteiger charge is -2.30. The fourth-order valence-electron chi connectivity index (χ4n) is 4.59. The maximum absolute atomic E-state index is 10.7. The second-order valence-corrected chi connectivity index (χ2v) is 10.5. The lowest BCUT2D eigenvalue weighted by atomic mass is 10.0. The highest BCUT2D eigenvalue weighted by molar-refractivity contribution is 5.64. The molecule has 0 bridgehead atoms. The van der Waals surface area contributed by atoms with Crippen LogP contribution in [0.2, 0.25) is 0 Å². The lowest BCUT2D eigenvalue weighted by molar-refractivity contribution is -0.233. The Bertz CT molecular complexity index is 1260. The standard InChI is InChI=1S/C36H42O9/c37-25-32(38)33(39)34(40)35(41)36(44-23-7-21-42-30-17-13-28(14-18-30)26-9-3-1-4-10-26)45-24-8-22-43-31-19-15-29(16-20-31)27-11-5-2-6-12-27/h1-6,9-20,32-41H,7-8,21-25H2. The summed E-state index contributed by atoms with van der Waals surface area (Å²) in [6, 6.07) is 35.6. The number of benzene rings is 4. The molecule has 0 aromatic heterocycles. The first kappa shape index (κ1) is 34.1. The fourth-order valence-corrected chi connectivity index (χ4v) is 4.59. The highest BCUT2D eigenvalue weighted by Gasteiger charge is 2.36. The summed E-state index contributed by atoms with van der Waals surface area (Å²) >= 11 is 0. The number of aliphatic hydroxyl groups is 5. The zero-order valence-electron chi connectivity index (χ0n) is 25.1. The second kappa shape index (κ2) is 18.2. The summed E-state index contributed by atoms with van der Waals surface area (Å²) < 4.78 is 23.0. The predicted molar refractivity (Wildman–Crippen MR) is 171 cm³/mol. The predicted octanol–water partition coefficient (Wildman–Crippen LogP) is 4.05. The maximum atomic E-state index is 10.7. The van der Waals surface area contributed by atoms with Crippen molar-refractivity contribution in [2.24, 2.45) is 0 Å². The van der Waals surface area contributed by atoms with Crippen LogP contribution in [-0.4, -0.2) is 89.3 Å². The average Bonchev–Trinajstić information content (AvgIpc) is 3.10. The normalized spacial score (nSPS) is 14.1. The van der Waals surface area contributed by atoms with E-state index in [1.165, 1.54) is 0 Å². The van der Waals surface area contributed by atoms with E-state index in [4.69, 9.17) is 24.1 Å². The van der Waals surface area contributed by atoms with Crippen molar-refractivity contribution in [2.45, 2.75) is 43.5 Å². The molecule has 0 aliphatic carbocycles. The number of hydrogen-bond donors (Lipinski definition) is 5. The Balaban J connectivity index is 1.22. The molecule has 0 spiro atoms. The van der Waals surface area contributed by atoms with Gasteiger partial charge in [-0.15, -0.1) is 0 Å². The van der Waals surface area contributed by atoms with Crippen LogP contribution in [0.1, 0.15) is 12.8 Å². The zero-order valence-corrected chi connectivity index (χ0v) is 25.1. The molecule has 4 rings (SSSR count). The molecule has 5 N–H and O–H groups in total. The van der Waals surface area contributed by atoms with E-state index in [2.05, 4.69) is 0 Å². The minimum atomic E-state index is -1.82. The lowest BCUT2D eigenvalue weighted by Crippen LogP contribution is -2.51. The van der Waals surface area contributed by atoms with E-state index in [1.807, 2.05) is 109 Å². The smallest absolute Gasteiger partial charge is 0.186 e. The minimum absolute atomic E-state index is 0.124. The Morgan fingerprint density at radius 1 is 0.444 bits per heavy atom. The van der Waals surface area contributed by atoms with Crippen molar-refractivity contribution in [2.75, 3.05) is 33.0 Å². The van der Waals surface area contributed by atoms with Crippen molar-refractivity contribution < 1.29 is 44.5 Å². The summed E-state index contributed by atoms with van der Waals surface area (Å²) in [6.45, 7) is 0.126. The highest BCUT2D eigenvalue weighted by Crippen LogP contribution is 2.23. The SMILES string of the molecule is OCC(O)C(O)C(O)C(O)C(OCCCOc1ccc(-c2ccccc2)cc1)OCCCOc1ccc(-c2ccccc2)cc1. The maximum Gasteiger partial charge on any atom is 0.186 e. The summed E-state index contributed by atoms with van der Waals surface area (Å²) in [5, 5.41) is 50.0. The van der Waals surface area contributed by atoms with Crippen LogP contribution in [0.5, 0.6) is 11.5 Å². The molecular formula is C36H42O9. The van der Waals surface area contributed by atoms with Crippen molar-refractivity contribution in [3.05, 3.63) is 109 Å². The molecule has 0 radical (unpaired) electrons. The molecule has 9 nitrogen and oxygen atoms in total.